The fraction of sp³-hybridized carbons (Fsp3) is 0.396. The first kappa shape index (κ1) is 43.5. The third-order valence-corrected chi connectivity index (χ3v) is 17.0. The van der Waals surface area contributed by atoms with Crippen LogP contribution in [0.3, 0.4) is 0 Å². The molecule has 3 fully saturated rings. The number of allylic oxidation sites excluding steroid dienone is 4. The molecule has 8 unspecified atom stereocenters. The van der Waals surface area contributed by atoms with Crippen LogP contribution in [0.15, 0.2) is 125 Å². The second-order valence-corrected chi connectivity index (χ2v) is 20.1. The standard InChI is InChI=1S/C53H52ClF3N2O6/c1-48-22-19-36(60)28-50(48)25-26-52(40(29-50)46(61)43-18-17-42(65-43)39-27-34(53(55,56)57)11-16-41(39)54)44(48)20-23-49(2)45(52)21-24-51(49,63)31-59(47(62)58-35-12-14-37(64-3)15-13-35)30-33-9-6-8-32-7-4-5-10-38(32)33/h4-18,25-27,29,36,44-45,60,63H,19-24,28,30-31H2,1-3H3,(H,58,62). The molecule has 1 aromatic heterocycles. The number of aliphatic hydroxyl groups excluding tert-OH is 1. The first-order chi connectivity index (χ1) is 30.9. The zero-order valence-electron chi connectivity index (χ0n) is 36.6. The van der Waals surface area contributed by atoms with E-state index in [2.05, 4.69) is 37.4 Å². The number of nitrogens with zero attached hydrogens (tertiary/aromatic N) is 1. The summed E-state index contributed by atoms with van der Waals surface area (Å²) in [6.45, 7) is 4.66. The van der Waals surface area contributed by atoms with Gasteiger partial charge in [-0.15, -0.1) is 0 Å². The molecule has 5 aromatic rings. The molecule has 1 heterocycles. The molecule has 2 bridgehead atoms. The van der Waals surface area contributed by atoms with Crippen molar-refractivity contribution in [2.24, 2.45) is 33.5 Å². The Morgan fingerprint density at radius 1 is 0.892 bits per heavy atom. The summed E-state index contributed by atoms with van der Waals surface area (Å²) < 4.78 is 52.9. The van der Waals surface area contributed by atoms with Gasteiger partial charge in [0.1, 0.15) is 11.5 Å². The van der Waals surface area contributed by atoms with E-state index in [4.69, 9.17) is 20.8 Å². The molecule has 338 valence electrons. The first-order valence-corrected chi connectivity index (χ1v) is 22.8. The number of halogens is 4. The lowest BCUT2D eigenvalue weighted by molar-refractivity contribution is -0.174. The van der Waals surface area contributed by atoms with Crippen LogP contribution in [0.25, 0.3) is 22.1 Å². The van der Waals surface area contributed by atoms with Gasteiger partial charge in [0.2, 0.25) is 5.78 Å². The van der Waals surface area contributed by atoms with Gasteiger partial charge >= 0.3 is 12.2 Å². The summed E-state index contributed by atoms with van der Waals surface area (Å²) in [5, 5.41) is 29.8. The molecule has 65 heavy (non-hydrogen) atoms. The number of furan rings is 1. The monoisotopic (exact) mass is 904 g/mol. The minimum atomic E-state index is -4.61. The van der Waals surface area contributed by atoms with Gasteiger partial charge < -0.3 is 29.6 Å². The third kappa shape index (κ3) is 6.69. The van der Waals surface area contributed by atoms with E-state index in [1.807, 2.05) is 42.5 Å². The van der Waals surface area contributed by atoms with Gasteiger partial charge in [-0.1, -0.05) is 86.1 Å². The number of nitrogens with one attached hydrogen (secondary N) is 1. The Morgan fingerprint density at radius 3 is 2.38 bits per heavy atom. The van der Waals surface area contributed by atoms with Crippen LogP contribution in [0.2, 0.25) is 5.02 Å². The normalized spacial score (nSPS) is 31.2. The Morgan fingerprint density at radius 2 is 1.62 bits per heavy atom. The number of hydrogen-bond donors (Lipinski definition) is 3. The lowest BCUT2D eigenvalue weighted by Crippen LogP contribution is -2.67. The molecule has 4 aromatic carbocycles. The minimum Gasteiger partial charge on any atom is -0.497 e. The average molecular weight is 905 g/mol. The Balaban J connectivity index is 1.04. The van der Waals surface area contributed by atoms with Crippen LogP contribution in [0.1, 0.15) is 80.5 Å². The number of aliphatic hydroxyl groups is 2. The number of fused-ring (bicyclic) bond motifs is 2. The topological polar surface area (TPSA) is 112 Å². The Kier molecular flexibility index (Phi) is 10.3. The number of amides is 2. The van der Waals surface area contributed by atoms with Crippen LogP contribution in [0, 0.1) is 33.5 Å². The summed E-state index contributed by atoms with van der Waals surface area (Å²) in [4.78, 5) is 31.6. The van der Waals surface area contributed by atoms with Crippen molar-refractivity contribution in [1.29, 1.82) is 0 Å². The summed E-state index contributed by atoms with van der Waals surface area (Å²) in [6, 6.07) is 26.8. The smallest absolute Gasteiger partial charge is 0.416 e. The molecule has 8 nitrogen and oxygen atoms in total. The fourth-order valence-electron chi connectivity index (χ4n) is 13.3. The van der Waals surface area contributed by atoms with Gasteiger partial charge in [0.05, 0.1) is 35.9 Å². The molecule has 8 atom stereocenters. The number of benzene rings is 4. The molecule has 2 amide bonds. The predicted octanol–water partition coefficient (Wildman–Crippen LogP) is 12.3. The van der Waals surface area contributed by atoms with Gasteiger partial charge in [0.25, 0.3) is 0 Å². The molecular weight excluding hydrogens is 853 g/mol. The highest BCUT2D eigenvalue weighted by atomic mass is 35.5. The molecule has 11 rings (SSSR count). The summed E-state index contributed by atoms with van der Waals surface area (Å²) in [5.74, 6) is -0.00141. The zero-order valence-corrected chi connectivity index (χ0v) is 37.3. The second kappa shape index (κ2) is 15.4. The number of urea groups is 1. The summed E-state index contributed by atoms with van der Waals surface area (Å²) in [7, 11) is 1.58. The number of methoxy groups -OCH3 is 1. The van der Waals surface area contributed by atoms with Crippen LogP contribution >= 0.6 is 11.6 Å². The molecule has 6 aliphatic rings. The van der Waals surface area contributed by atoms with E-state index >= 15 is 4.79 Å². The van der Waals surface area contributed by atoms with E-state index in [9.17, 15) is 28.2 Å². The SMILES string of the molecule is COc1ccc(NC(=O)N(Cc2cccc3ccccc23)CC2(O)CCC3C45C=CC6(C=C4C(=O)c4ccc(-c7cc(C(F)(F)F)ccc7Cl)o4)CC(O)CCC6(C)C5CCC32C)cc1. The van der Waals surface area contributed by atoms with Crippen LogP contribution in [0.4, 0.5) is 23.7 Å². The molecule has 12 heteroatoms. The van der Waals surface area contributed by atoms with E-state index in [0.717, 1.165) is 34.9 Å². The van der Waals surface area contributed by atoms with Crippen molar-refractivity contribution in [3.8, 4) is 17.1 Å². The molecule has 0 aliphatic heterocycles. The van der Waals surface area contributed by atoms with Gasteiger partial charge in [-0.3, -0.25) is 4.79 Å². The fourth-order valence-corrected chi connectivity index (χ4v) is 13.5. The van der Waals surface area contributed by atoms with E-state index in [1.54, 1.807) is 36.3 Å². The molecule has 0 radical (unpaired) electrons. The Hall–Kier alpha value is -5.36. The first-order valence-electron chi connectivity index (χ1n) is 22.5. The maximum absolute atomic E-state index is 15.3. The van der Waals surface area contributed by atoms with Crippen LogP contribution < -0.4 is 10.1 Å². The van der Waals surface area contributed by atoms with E-state index < -0.39 is 39.7 Å². The zero-order chi connectivity index (χ0) is 45.7. The van der Waals surface area contributed by atoms with Crippen molar-refractivity contribution < 1.29 is 42.1 Å². The number of carbonyl (C=O) groups is 2. The lowest BCUT2D eigenvalue weighted by atomic mass is 9.32. The van der Waals surface area contributed by atoms with Gasteiger partial charge in [0, 0.05) is 39.6 Å². The Bertz CT molecular complexity index is 2780. The number of ether oxygens (including phenoxy) is 1. The molecule has 2 spiro atoms. The van der Waals surface area contributed by atoms with Gasteiger partial charge in [0.15, 0.2) is 5.76 Å². The van der Waals surface area contributed by atoms with E-state index in [1.165, 1.54) is 18.2 Å². The predicted molar refractivity (Wildman–Crippen MR) is 243 cm³/mol. The number of ketones is 1. The Labute approximate surface area is 381 Å². The van der Waals surface area contributed by atoms with Gasteiger partial charge in [-0.05, 0) is 133 Å². The highest BCUT2D eigenvalue weighted by Gasteiger charge is 2.74. The number of carbonyl (C=O) groups excluding carboxylic acids is 2. The molecule has 3 N–H and O–H groups in total. The minimum absolute atomic E-state index is 0.0207. The average Bonchev–Trinajstić information content (AvgIpc) is 3.88. The van der Waals surface area contributed by atoms with Crippen LogP contribution in [0.5, 0.6) is 5.75 Å². The van der Waals surface area contributed by atoms with Crippen molar-refractivity contribution >= 4 is 39.9 Å². The number of rotatable bonds is 9. The number of Topliss-reactive ketones (excluding diaryl/α,β-unsaturated/α-hetero) is 1. The van der Waals surface area contributed by atoms with E-state index in [-0.39, 0.29) is 64.3 Å². The lowest BCUT2D eigenvalue weighted by Gasteiger charge is -2.71. The van der Waals surface area contributed by atoms with Crippen molar-refractivity contribution in [2.45, 2.75) is 83.2 Å². The van der Waals surface area contributed by atoms with Gasteiger partial charge in [-0.25, -0.2) is 4.79 Å². The second-order valence-electron chi connectivity index (χ2n) is 19.6. The van der Waals surface area contributed by atoms with Crippen LogP contribution in [-0.2, 0) is 12.7 Å². The van der Waals surface area contributed by atoms with Crippen molar-refractivity contribution in [2.75, 3.05) is 19.0 Å². The molecule has 3 saturated carbocycles. The maximum Gasteiger partial charge on any atom is 0.416 e. The van der Waals surface area contributed by atoms with Crippen LogP contribution in [-0.4, -0.2) is 52.3 Å². The largest absolute Gasteiger partial charge is 0.497 e. The molecule has 0 saturated heterocycles. The highest BCUT2D eigenvalue weighted by Crippen LogP contribution is 2.78. The third-order valence-electron chi connectivity index (χ3n) is 16.7. The van der Waals surface area contributed by atoms with Crippen molar-refractivity contribution in [3.05, 3.63) is 143 Å². The maximum atomic E-state index is 15.3. The molecule has 6 aliphatic carbocycles. The highest BCUT2D eigenvalue weighted by molar-refractivity contribution is 6.33. The van der Waals surface area contributed by atoms with Crippen molar-refractivity contribution in [3.63, 3.8) is 0 Å². The summed E-state index contributed by atoms with van der Waals surface area (Å²) >= 11 is 6.43. The van der Waals surface area contributed by atoms with Crippen molar-refractivity contribution in [1.82, 2.24) is 4.90 Å². The number of anilines is 1. The summed E-state index contributed by atoms with van der Waals surface area (Å²) in [6.07, 6.45) is 5.38. The number of alkyl halides is 3. The summed E-state index contributed by atoms with van der Waals surface area (Å²) in [5.41, 5.74) is -2.80. The molecular formula is C53H52ClF3N2O6. The van der Waals surface area contributed by atoms with Gasteiger partial charge in [-0.2, -0.15) is 13.2 Å². The number of hydrogen-bond acceptors (Lipinski definition) is 6. The quantitative estimate of drug-likeness (QED) is 0.100. The van der Waals surface area contributed by atoms with E-state index in [0.29, 0.717) is 55.5 Å².